The molecule has 0 aromatic carbocycles. The Labute approximate surface area is 74.2 Å². The van der Waals surface area contributed by atoms with Gasteiger partial charge in [0.2, 0.25) is 0 Å². The summed E-state index contributed by atoms with van der Waals surface area (Å²) in [6.45, 7) is 6.34. The molecule has 0 heterocycles. The van der Waals surface area contributed by atoms with Gasteiger partial charge in [0, 0.05) is 20.2 Å². The van der Waals surface area contributed by atoms with E-state index in [4.69, 9.17) is 10.5 Å². The fraction of sp³-hybridized carbons (Fsp3) is 0.875. The minimum Gasteiger partial charge on any atom is -0.383 e. The quantitative estimate of drug-likeness (QED) is 0.354. The third-order valence-electron chi connectivity index (χ3n) is 1.24. The Morgan fingerprint density at radius 1 is 1.58 bits per heavy atom. The van der Waals surface area contributed by atoms with Gasteiger partial charge in [-0.05, 0) is 5.92 Å². The van der Waals surface area contributed by atoms with E-state index in [-0.39, 0.29) is 0 Å². The maximum Gasteiger partial charge on any atom is 0.188 e. The number of hydrogen-bond donors (Lipinski definition) is 2. The van der Waals surface area contributed by atoms with Crippen molar-refractivity contribution >= 4 is 5.96 Å². The van der Waals surface area contributed by atoms with Gasteiger partial charge in [-0.3, -0.25) is 4.99 Å². The Bertz CT molecular complexity index is 134. The fourth-order valence-electron chi connectivity index (χ4n) is 0.618. The van der Waals surface area contributed by atoms with E-state index < -0.39 is 0 Å². The predicted octanol–water partition coefficient (Wildman–Crippen LogP) is 0.193. The summed E-state index contributed by atoms with van der Waals surface area (Å²) in [6.07, 6.45) is 0. The molecule has 12 heavy (non-hydrogen) atoms. The number of rotatable bonds is 5. The SMILES string of the molecule is COCCNC(N)=NCC(C)C. The standard InChI is InChI=1S/C8H19N3O/c1-7(2)6-11-8(9)10-4-5-12-3/h7H,4-6H2,1-3H3,(H3,9,10,11). The maximum absolute atomic E-state index is 5.55. The van der Waals surface area contributed by atoms with Crippen LogP contribution in [0.4, 0.5) is 0 Å². The van der Waals surface area contributed by atoms with Gasteiger partial charge < -0.3 is 15.8 Å². The van der Waals surface area contributed by atoms with Crippen molar-refractivity contribution in [2.75, 3.05) is 26.8 Å². The van der Waals surface area contributed by atoms with Crippen LogP contribution in [-0.2, 0) is 4.74 Å². The van der Waals surface area contributed by atoms with Gasteiger partial charge in [-0.25, -0.2) is 0 Å². The van der Waals surface area contributed by atoms with E-state index in [0.29, 0.717) is 25.0 Å². The predicted molar refractivity (Wildman–Crippen MR) is 51.2 cm³/mol. The normalized spacial score (nSPS) is 12.2. The molecule has 0 fully saturated rings. The second-order valence-corrected chi connectivity index (χ2v) is 3.04. The fourth-order valence-corrected chi connectivity index (χ4v) is 0.618. The molecule has 0 bridgehead atoms. The first-order valence-electron chi connectivity index (χ1n) is 4.19. The van der Waals surface area contributed by atoms with Crippen LogP contribution in [0.1, 0.15) is 13.8 Å². The van der Waals surface area contributed by atoms with Crippen molar-refractivity contribution < 1.29 is 4.74 Å². The molecule has 0 atom stereocenters. The molecular formula is C8H19N3O. The summed E-state index contributed by atoms with van der Waals surface area (Å²) in [4.78, 5) is 4.12. The maximum atomic E-state index is 5.55. The number of guanidine groups is 1. The minimum atomic E-state index is 0.501. The molecule has 0 aliphatic rings. The van der Waals surface area contributed by atoms with Crippen LogP contribution in [0.3, 0.4) is 0 Å². The number of nitrogens with two attached hydrogens (primary N) is 1. The average molecular weight is 173 g/mol. The largest absolute Gasteiger partial charge is 0.383 e. The summed E-state index contributed by atoms with van der Waals surface area (Å²) < 4.78 is 4.84. The van der Waals surface area contributed by atoms with Crippen molar-refractivity contribution in [1.29, 1.82) is 0 Å². The lowest BCUT2D eigenvalue weighted by atomic mass is 10.2. The summed E-state index contributed by atoms with van der Waals surface area (Å²) >= 11 is 0. The molecule has 4 nitrogen and oxygen atoms in total. The Hall–Kier alpha value is -0.770. The van der Waals surface area contributed by atoms with Crippen molar-refractivity contribution in [2.24, 2.45) is 16.6 Å². The highest BCUT2D eigenvalue weighted by Gasteiger charge is 1.92. The summed E-state index contributed by atoms with van der Waals surface area (Å²) in [5.41, 5.74) is 5.55. The van der Waals surface area contributed by atoms with Gasteiger partial charge in [0.05, 0.1) is 6.61 Å². The Morgan fingerprint density at radius 3 is 2.75 bits per heavy atom. The van der Waals surface area contributed by atoms with Gasteiger partial charge in [0.25, 0.3) is 0 Å². The number of ether oxygens (including phenoxy) is 1. The van der Waals surface area contributed by atoms with Crippen molar-refractivity contribution in [3.8, 4) is 0 Å². The highest BCUT2D eigenvalue weighted by atomic mass is 16.5. The second kappa shape index (κ2) is 6.91. The lowest BCUT2D eigenvalue weighted by molar-refractivity contribution is 0.204. The highest BCUT2D eigenvalue weighted by molar-refractivity contribution is 5.77. The molecule has 0 saturated heterocycles. The molecule has 72 valence electrons. The van der Waals surface area contributed by atoms with E-state index in [1.165, 1.54) is 0 Å². The first kappa shape index (κ1) is 11.2. The number of methoxy groups -OCH3 is 1. The van der Waals surface area contributed by atoms with Crippen LogP contribution in [0, 0.1) is 5.92 Å². The van der Waals surface area contributed by atoms with E-state index in [0.717, 1.165) is 6.54 Å². The minimum absolute atomic E-state index is 0.501. The monoisotopic (exact) mass is 173 g/mol. The molecule has 0 rings (SSSR count). The molecule has 0 saturated carbocycles. The van der Waals surface area contributed by atoms with Crippen LogP contribution in [0.25, 0.3) is 0 Å². The van der Waals surface area contributed by atoms with Crippen molar-refractivity contribution in [3.05, 3.63) is 0 Å². The lowest BCUT2D eigenvalue weighted by Crippen LogP contribution is -2.34. The van der Waals surface area contributed by atoms with E-state index in [9.17, 15) is 0 Å². The molecule has 0 unspecified atom stereocenters. The second-order valence-electron chi connectivity index (χ2n) is 3.04. The van der Waals surface area contributed by atoms with Crippen LogP contribution in [0.2, 0.25) is 0 Å². The van der Waals surface area contributed by atoms with Gasteiger partial charge in [-0.2, -0.15) is 0 Å². The summed E-state index contributed by atoms with van der Waals surface area (Å²) in [5.74, 6) is 1.05. The van der Waals surface area contributed by atoms with E-state index in [1.54, 1.807) is 7.11 Å². The smallest absolute Gasteiger partial charge is 0.188 e. The highest BCUT2D eigenvalue weighted by Crippen LogP contribution is 1.90. The molecule has 0 aromatic rings. The van der Waals surface area contributed by atoms with Crippen LogP contribution in [-0.4, -0.2) is 32.8 Å². The van der Waals surface area contributed by atoms with Crippen LogP contribution >= 0.6 is 0 Å². The molecule has 0 radical (unpaired) electrons. The van der Waals surface area contributed by atoms with Gasteiger partial charge in [-0.15, -0.1) is 0 Å². The van der Waals surface area contributed by atoms with Crippen molar-refractivity contribution in [2.45, 2.75) is 13.8 Å². The number of hydrogen-bond acceptors (Lipinski definition) is 2. The van der Waals surface area contributed by atoms with Crippen LogP contribution in [0.5, 0.6) is 0 Å². The third kappa shape index (κ3) is 7.34. The molecule has 0 aliphatic carbocycles. The molecule has 0 amide bonds. The Kier molecular flexibility index (Phi) is 6.47. The van der Waals surface area contributed by atoms with E-state index in [2.05, 4.69) is 24.2 Å². The van der Waals surface area contributed by atoms with Gasteiger partial charge >= 0.3 is 0 Å². The Morgan fingerprint density at radius 2 is 2.25 bits per heavy atom. The van der Waals surface area contributed by atoms with Crippen molar-refractivity contribution in [3.63, 3.8) is 0 Å². The first-order valence-corrected chi connectivity index (χ1v) is 4.19. The van der Waals surface area contributed by atoms with Crippen molar-refractivity contribution in [1.82, 2.24) is 5.32 Å². The lowest BCUT2D eigenvalue weighted by Gasteiger charge is -2.05. The van der Waals surface area contributed by atoms with Gasteiger partial charge in [-0.1, -0.05) is 13.8 Å². The van der Waals surface area contributed by atoms with E-state index >= 15 is 0 Å². The third-order valence-corrected chi connectivity index (χ3v) is 1.24. The number of nitrogens with one attached hydrogen (secondary N) is 1. The Balaban J connectivity index is 3.42. The first-order chi connectivity index (χ1) is 5.66. The zero-order chi connectivity index (χ0) is 9.40. The topological polar surface area (TPSA) is 59.6 Å². The molecular weight excluding hydrogens is 154 g/mol. The molecule has 0 aliphatic heterocycles. The summed E-state index contributed by atoms with van der Waals surface area (Å²) in [7, 11) is 1.66. The molecule has 0 spiro atoms. The zero-order valence-corrected chi connectivity index (χ0v) is 8.13. The van der Waals surface area contributed by atoms with Crippen LogP contribution in [0.15, 0.2) is 4.99 Å². The number of aliphatic imine (C=N–C) groups is 1. The summed E-state index contributed by atoms with van der Waals surface area (Å²) in [6, 6.07) is 0. The molecule has 4 heteroatoms. The number of nitrogens with zero attached hydrogens (tertiary/aromatic N) is 1. The molecule has 0 aromatic heterocycles. The van der Waals surface area contributed by atoms with Crippen LogP contribution < -0.4 is 11.1 Å². The summed E-state index contributed by atoms with van der Waals surface area (Å²) in [5, 5.41) is 2.94. The van der Waals surface area contributed by atoms with Gasteiger partial charge in [0.15, 0.2) is 5.96 Å². The van der Waals surface area contributed by atoms with Gasteiger partial charge in [0.1, 0.15) is 0 Å². The average Bonchev–Trinajstić information content (AvgIpc) is 2.01. The van der Waals surface area contributed by atoms with E-state index in [1.807, 2.05) is 0 Å². The zero-order valence-electron chi connectivity index (χ0n) is 8.13. The molecule has 3 N–H and O–H groups in total.